The maximum Gasteiger partial charge on any atom is 0.325 e. The largest absolute Gasteiger partial charge is 0.455 e. The van der Waals surface area contributed by atoms with Crippen LogP contribution in [-0.2, 0) is 19.1 Å². The number of ether oxygens (including phenoxy) is 2. The lowest BCUT2D eigenvalue weighted by atomic mass is 9.40. The van der Waals surface area contributed by atoms with Gasteiger partial charge in [0.1, 0.15) is 12.1 Å². The first-order valence-electron chi connectivity index (χ1n) is 12.6. The molecule has 4 N–H and O–H groups in total. The Morgan fingerprint density at radius 1 is 1.19 bits per heavy atom. The van der Waals surface area contributed by atoms with Crippen LogP contribution in [0.3, 0.4) is 0 Å². The zero-order chi connectivity index (χ0) is 26.7. The number of nitrogens with one attached hydrogen (secondary N) is 1. The van der Waals surface area contributed by atoms with Gasteiger partial charge in [-0.2, -0.15) is 0 Å². The average Bonchev–Trinajstić information content (AvgIpc) is 2.81. The van der Waals surface area contributed by atoms with Crippen LogP contribution in [0.25, 0.3) is 0 Å². The zero-order valence-electron chi connectivity index (χ0n) is 21.8. The van der Waals surface area contributed by atoms with E-state index in [-0.39, 0.29) is 13.0 Å². The Morgan fingerprint density at radius 2 is 1.83 bits per heavy atom. The molecule has 8 nitrogen and oxygen atoms in total. The number of anilines is 1. The van der Waals surface area contributed by atoms with Crippen molar-refractivity contribution in [2.45, 2.75) is 89.0 Å². The third kappa shape index (κ3) is 3.64. The van der Waals surface area contributed by atoms with Crippen LogP contribution >= 0.6 is 0 Å². The van der Waals surface area contributed by atoms with Gasteiger partial charge in [0.25, 0.3) is 0 Å². The van der Waals surface area contributed by atoms with Gasteiger partial charge in [0.15, 0.2) is 17.5 Å². The summed E-state index contributed by atoms with van der Waals surface area (Å²) in [6.07, 6.45) is -1.54. The molecule has 0 amide bonds. The van der Waals surface area contributed by atoms with Crippen LogP contribution in [0.5, 0.6) is 0 Å². The predicted molar refractivity (Wildman–Crippen MR) is 134 cm³/mol. The Morgan fingerprint density at radius 3 is 2.44 bits per heavy atom. The topological polar surface area (TPSA) is 125 Å². The van der Waals surface area contributed by atoms with Gasteiger partial charge in [-0.3, -0.25) is 9.59 Å². The van der Waals surface area contributed by atoms with Gasteiger partial charge >= 0.3 is 5.97 Å². The van der Waals surface area contributed by atoms with E-state index in [2.05, 4.69) is 11.9 Å². The molecule has 8 atom stereocenters. The van der Waals surface area contributed by atoms with E-state index in [9.17, 15) is 24.9 Å². The smallest absolute Gasteiger partial charge is 0.325 e. The summed E-state index contributed by atoms with van der Waals surface area (Å²) in [7, 11) is 0. The Bertz CT molecular complexity index is 1040. The average molecular weight is 502 g/mol. The van der Waals surface area contributed by atoms with Crippen LogP contribution in [0, 0.1) is 16.7 Å². The summed E-state index contributed by atoms with van der Waals surface area (Å²) in [5.41, 5.74) is -6.56. The summed E-state index contributed by atoms with van der Waals surface area (Å²) in [6.45, 7) is 12.3. The second kappa shape index (κ2) is 8.65. The van der Waals surface area contributed by atoms with Gasteiger partial charge in [-0.25, -0.2) is 0 Å². The molecule has 0 aromatic heterocycles. The molecule has 0 spiro atoms. The number of para-hydroxylation sites is 1. The third-order valence-electron chi connectivity index (χ3n) is 9.20. The van der Waals surface area contributed by atoms with E-state index < -0.39 is 63.6 Å². The number of hydrogen-bond acceptors (Lipinski definition) is 8. The normalized spacial score (nSPS) is 43.6. The summed E-state index contributed by atoms with van der Waals surface area (Å²) >= 11 is 0. The minimum Gasteiger partial charge on any atom is -0.455 e. The molecule has 4 unspecified atom stereocenters. The molecule has 3 fully saturated rings. The van der Waals surface area contributed by atoms with Crippen LogP contribution < -0.4 is 5.32 Å². The van der Waals surface area contributed by atoms with Crippen LogP contribution in [-0.4, -0.2) is 68.7 Å². The first kappa shape index (κ1) is 26.8. The molecule has 0 radical (unpaired) electrons. The number of fused-ring (bicyclic) bond motifs is 3. The Hall–Kier alpha value is -2.26. The Kier molecular flexibility index (Phi) is 6.44. The van der Waals surface area contributed by atoms with Crippen molar-refractivity contribution in [3.63, 3.8) is 0 Å². The van der Waals surface area contributed by atoms with E-state index in [1.165, 1.54) is 13.0 Å². The molecule has 4 rings (SSSR count). The summed E-state index contributed by atoms with van der Waals surface area (Å²) in [5, 5.41) is 38.5. The summed E-state index contributed by atoms with van der Waals surface area (Å²) in [5.74, 6) is -1.96. The summed E-state index contributed by atoms with van der Waals surface area (Å²) in [4.78, 5) is 26.9. The summed E-state index contributed by atoms with van der Waals surface area (Å²) < 4.78 is 12.3. The first-order valence-corrected chi connectivity index (χ1v) is 12.6. The van der Waals surface area contributed by atoms with Crippen molar-refractivity contribution in [2.24, 2.45) is 16.7 Å². The van der Waals surface area contributed by atoms with Crippen LogP contribution in [0.15, 0.2) is 43.0 Å². The number of Topliss-reactive ketones (excluding diaryl/α,β-unsaturated/α-hetero) is 1. The van der Waals surface area contributed by atoms with Crippen LogP contribution in [0.4, 0.5) is 5.69 Å². The molecule has 1 aliphatic heterocycles. The molecule has 1 aromatic rings. The van der Waals surface area contributed by atoms with Crippen molar-refractivity contribution in [1.82, 2.24) is 0 Å². The summed E-state index contributed by atoms with van der Waals surface area (Å²) in [6, 6.07) is 9.12. The van der Waals surface area contributed by atoms with E-state index in [4.69, 9.17) is 9.47 Å². The van der Waals surface area contributed by atoms with E-state index in [1.807, 2.05) is 32.0 Å². The first-order chi connectivity index (χ1) is 16.7. The van der Waals surface area contributed by atoms with Crippen molar-refractivity contribution >= 4 is 17.4 Å². The minimum atomic E-state index is -2.23. The maximum absolute atomic E-state index is 13.9. The van der Waals surface area contributed by atoms with Gasteiger partial charge in [0.05, 0.1) is 17.8 Å². The zero-order valence-corrected chi connectivity index (χ0v) is 21.8. The lowest BCUT2D eigenvalue weighted by Gasteiger charge is -2.71. The van der Waals surface area contributed by atoms with Gasteiger partial charge in [-0.05, 0) is 44.2 Å². The molecule has 198 valence electrons. The van der Waals surface area contributed by atoms with E-state index in [0.717, 1.165) is 0 Å². The van der Waals surface area contributed by atoms with E-state index >= 15 is 0 Å². The number of aliphatic hydroxyl groups excluding tert-OH is 2. The molecule has 1 saturated heterocycles. The fourth-order valence-corrected chi connectivity index (χ4v) is 7.39. The second-order valence-corrected chi connectivity index (χ2v) is 12.0. The third-order valence-corrected chi connectivity index (χ3v) is 9.20. The number of ketones is 1. The number of benzene rings is 1. The van der Waals surface area contributed by atoms with Crippen LogP contribution in [0.2, 0.25) is 0 Å². The molecule has 2 aliphatic carbocycles. The van der Waals surface area contributed by atoms with Crippen molar-refractivity contribution in [3.05, 3.63) is 43.0 Å². The lowest BCUT2D eigenvalue weighted by Crippen LogP contribution is -2.86. The molecule has 0 bridgehead atoms. The number of aliphatic hydroxyl groups is 3. The number of esters is 1. The highest BCUT2D eigenvalue weighted by Gasteiger charge is 2.81. The number of rotatable bonds is 5. The Labute approximate surface area is 212 Å². The predicted octanol–water partition coefficient (Wildman–Crippen LogP) is 2.61. The van der Waals surface area contributed by atoms with Crippen molar-refractivity contribution in [3.8, 4) is 0 Å². The van der Waals surface area contributed by atoms with Gasteiger partial charge < -0.3 is 30.1 Å². The fourth-order valence-electron chi connectivity index (χ4n) is 7.39. The molecule has 8 heteroatoms. The number of carbonyl (C=O) groups is 2. The number of hydrogen-bond donors (Lipinski definition) is 4. The number of carbonyl (C=O) groups excluding carboxylic acids is 2. The highest BCUT2D eigenvalue weighted by Crippen LogP contribution is 2.67. The highest BCUT2D eigenvalue weighted by atomic mass is 16.6. The van der Waals surface area contributed by atoms with E-state index in [0.29, 0.717) is 18.5 Å². The van der Waals surface area contributed by atoms with Gasteiger partial charge in [-0.1, -0.05) is 45.0 Å². The molecular formula is C28H39NO7. The molecule has 1 aromatic carbocycles. The highest BCUT2D eigenvalue weighted by molar-refractivity contribution is 5.92. The monoisotopic (exact) mass is 501 g/mol. The molecule has 1 heterocycles. The standard InChI is InChI=1S/C28H39NO7/c1-7-25(4)15-19(31)28(34)26(5)18(30)13-14-24(2,3)22(26)21(33)23(27(28,6)36-25)35-20(32)16-29-17-11-9-8-10-12-17/h7-12,18,21-23,29-30,33-34H,1,13-16H2,2-6H3/t18-,21?,22?,23?,25-,26?,27+,28-/m0/s1. The Balaban J connectivity index is 1.79. The quantitative estimate of drug-likeness (QED) is 0.358. The second-order valence-electron chi connectivity index (χ2n) is 12.0. The van der Waals surface area contributed by atoms with Crippen molar-refractivity contribution < 1.29 is 34.4 Å². The van der Waals surface area contributed by atoms with Crippen molar-refractivity contribution in [2.75, 3.05) is 11.9 Å². The fraction of sp³-hybridized carbons (Fsp3) is 0.643. The SMILES string of the molecule is C=C[C@@]1(C)CC(=O)[C@]2(O)C3(C)C(C(O)C(OC(=O)CNc4ccccc4)[C@@]2(C)O1)C(C)(C)CC[C@@H]3O. The van der Waals surface area contributed by atoms with Crippen molar-refractivity contribution in [1.29, 1.82) is 0 Å². The van der Waals surface area contributed by atoms with E-state index in [1.54, 1.807) is 26.0 Å². The minimum absolute atomic E-state index is 0.162. The van der Waals surface area contributed by atoms with Gasteiger partial charge in [0, 0.05) is 23.4 Å². The van der Waals surface area contributed by atoms with Crippen LogP contribution in [0.1, 0.15) is 53.9 Å². The maximum atomic E-state index is 13.9. The lowest BCUT2D eigenvalue weighted by molar-refractivity contribution is -0.370. The molecule has 36 heavy (non-hydrogen) atoms. The molecular weight excluding hydrogens is 462 g/mol. The molecule has 3 aliphatic rings. The molecule has 2 saturated carbocycles. The van der Waals surface area contributed by atoms with Gasteiger partial charge in [0.2, 0.25) is 0 Å². The van der Waals surface area contributed by atoms with Gasteiger partial charge in [-0.15, -0.1) is 6.58 Å².